The van der Waals surface area contributed by atoms with Crippen molar-refractivity contribution >= 4 is 24.2 Å². The Balaban J connectivity index is 0.00000243. The lowest BCUT2D eigenvalue weighted by Gasteiger charge is -2.39. The van der Waals surface area contributed by atoms with Crippen LogP contribution in [0.3, 0.4) is 0 Å². The zero-order valence-corrected chi connectivity index (χ0v) is 16.3. The Morgan fingerprint density at radius 1 is 1.15 bits per heavy atom. The quantitative estimate of drug-likeness (QED) is 0.874. The number of halogens is 1. The van der Waals surface area contributed by atoms with Gasteiger partial charge >= 0.3 is 0 Å². The van der Waals surface area contributed by atoms with E-state index in [9.17, 15) is 9.59 Å². The average Bonchev–Trinajstić information content (AvgIpc) is 2.64. The van der Waals surface area contributed by atoms with Crippen molar-refractivity contribution in [2.75, 3.05) is 26.2 Å². The van der Waals surface area contributed by atoms with E-state index in [1.807, 2.05) is 40.1 Å². The van der Waals surface area contributed by atoms with Gasteiger partial charge < -0.3 is 15.5 Å². The van der Waals surface area contributed by atoms with Crippen LogP contribution in [0.15, 0.2) is 30.3 Å². The van der Waals surface area contributed by atoms with Crippen molar-refractivity contribution in [1.29, 1.82) is 0 Å². The third kappa shape index (κ3) is 4.57. The zero-order valence-electron chi connectivity index (χ0n) is 15.5. The first kappa shape index (κ1) is 20.7. The summed E-state index contributed by atoms with van der Waals surface area (Å²) in [5.41, 5.74) is 6.23. The Kier molecular flexibility index (Phi) is 7.07. The number of amides is 2. The van der Waals surface area contributed by atoms with Crippen LogP contribution in [0.25, 0.3) is 0 Å². The molecular formula is C20H30ClN3O2. The third-order valence-electron chi connectivity index (χ3n) is 5.62. The lowest BCUT2D eigenvalue weighted by atomic mass is 9.89. The fraction of sp³-hybridized carbons (Fsp3) is 0.600. The molecule has 1 aromatic carbocycles. The maximum absolute atomic E-state index is 12.9. The van der Waals surface area contributed by atoms with Gasteiger partial charge in [0.25, 0.3) is 0 Å². The molecule has 2 amide bonds. The van der Waals surface area contributed by atoms with Gasteiger partial charge in [-0.25, -0.2) is 0 Å². The Morgan fingerprint density at radius 3 is 2.42 bits per heavy atom. The standard InChI is InChI=1S/C20H29N3O2.ClH/c1-20(21,17-7-3-2-4-8-17)19(25)22-13-10-16(11-14-22)15-23-12-6-5-9-18(23)24;/h2-4,7-8,16H,5-6,9-15,21H2,1H3;1H. The zero-order chi connectivity index (χ0) is 17.9. The number of piperidine rings is 2. The number of benzene rings is 1. The van der Waals surface area contributed by atoms with Gasteiger partial charge in [0.05, 0.1) is 0 Å². The van der Waals surface area contributed by atoms with E-state index in [1.165, 1.54) is 0 Å². The summed E-state index contributed by atoms with van der Waals surface area (Å²) in [6.07, 6.45) is 4.73. The molecule has 144 valence electrons. The Labute approximate surface area is 162 Å². The summed E-state index contributed by atoms with van der Waals surface area (Å²) in [6.45, 7) is 4.99. The van der Waals surface area contributed by atoms with Crippen molar-refractivity contribution in [3.63, 3.8) is 0 Å². The van der Waals surface area contributed by atoms with E-state index in [2.05, 4.69) is 0 Å². The van der Waals surface area contributed by atoms with Gasteiger partial charge in [-0.15, -0.1) is 12.4 Å². The van der Waals surface area contributed by atoms with Crippen molar-refractivity contribution in [3.05, 3.63) is 35.9 Å². The minimum atomic E-state index is -0.989. The smallest absolute Gasteiger partial charge is 0.246 e. The van der Waals surface area contributed by atoms with Crippen molar-refractivity contribution in [3.8, 4) is 0 Å². The molecule has 2 aliphatic heterocycles. The fourth-order valence-corrected chi connectivity index (χ4v) is 3.92. The second-order valence-electron chi connectivity index (χ2n) is 7.60. The minimum absolute atomic E-state index is 0. The highest BCUT2D eigenvalue weighted by atomic mass is 35.5. The van der Waals surface area contributed by atoms with Crippen molar-refractivity contribution < 1.29 is 9.59 Å². The van der Waals surface area contributed by atoms with E-state index in [1.54, 1.807) is 6.92 Å². The molecule has 5 nitrogen and oxygen atoms in total. The monoisotopic (exact) mass is 379 g/mol. The molecule has 0 aliphatic carbocycles. The van der Waals surface area contributed by atoms with E-state index >= 15 is 0 Å². The van der Waals surface area contributed by atoms with Gasteiger partial charge in [0.1, 0.15) is 5.54 Å². The van der Waals surface area contributed by atoms with Crippen molar-refractivity contribution in [2.24, 2.45) is 11.7 Å². The molecule has 0 saturated carbocycles. The number of carbonyl (C=O) groups is 2. The molecule has 2 saturated heterocycles. The van der Waals surface area contributed by atoms with Crippen LogP contribution in [0, 0.1) is 5.92 Å². The average molecular weight is 380 g/mol. The summed E-state index contributed by atoms with van der Waals surface area (Å²) in [5, 5.41) is 0. The molecule has 2 aliphatic rings. The summed E-state index contributed by atoms with van der Waals surface area (Å²) in [5.74, 6) is 0.779. The second-order valence-corrected chi connectivity index (χ2v) is 7.60. The van der Waals surface area contributed by atoms with E-state index in [4.69, 9.17) is 5.73 Å². The number of rotatable bonds is 4. The Hall–Kier alpha value is -1.59. The van der Waals surface area contributed by atoms with Gasteiger partial charge in [0, 0.05) is 32.6 Å². The normalized spacial score (nSPS) is 21.1. The maximum Gasteiger partial charge on any atom is 0.246 e. The number of hydrogen-bond donors (Lipinski definition) is 1. The van der Waals surface area contributed by atoms with Gasteiger partial charge in [0.15, 0.2) is 0 Å². The van der Waals surface area contributed by atoms with E-state index < -0.39 is 5.54 Å². The molecule has 0 spiro atoms. The molecular weight excluding hydrogens is 350 g/mol. The first-order valence-corrected chi connectivity index (χ1v) is 9.40. The van der Waals surface area contributed by atoms with Crippen LogP contribution < -0.4 is 5.73 Å². The van der Waals surface area contributed by atoms with Crippen LogP contribution >= 0.6 is 12.4 Å². The highest BCUT2D eigenvalue weighted by molar-refractivity contribution is 5.87. The molecule has 26 heavy (non-hydrogen) atoms. The Morgan fingerprint density at radius 2 is 1.81 bits per heavy atom. The molecule has 1 atom stereocenters. The number of likely N-dealkylation sites (tertiary alicyclic amines) is 2. The molecule has 2 N–H and O–H groups in total. The van der Waals surface area contributed by atoms with Gasteiger partial charge in [-0.05, 0) is 44.1 Å². The summed E-state index contributed by atoms with van der Waals surface area (Å²) < 4.78 is 0. The highest BCUT2D eigenvalue weighted by Crippen LogP contribution is 2.25. The topological polar surface area (TPSA) is 66.6 Å². The summed E-state index contributed by atoms with van der Waals surface area (Å²) >= 11 is 0. The number of hydrogen-bond acceptors (Lipinski definition) is 3. The lowest BCUT2D eigenvalue weighted by Crippen LogP contribution is -2.53. The highest BCUT2D eigenvalue weighted by Gasteiger charge is 2.36. The predicted molar refractivity (Wildman–Crippen MR) is 105 cm³/mol. The maximum atomic E-state index is 12.9. The number of nitrogens with two attached hydrogens (primary N) is 1. The fourth-order valence-electron chi connectivity index (χ4n) is 3.92. The molecule has 1 aromatic rings. The molecule has 2 fully saturated rings. The van der Waals surface area contributed by atoms with Gasteiger partial charge in [-0.1, -0.05) is 30.3 Å². The number of carbonyl (C=O) groups excluding carboxylic acids is 2. The summed E-state index contributed by atoms with van der Waals surface area (Å²) in [4.78, 5) is 28.8. The third-order valence-corrected chi connectivity index (χ3v) is 5.62. The van der Waals surface area contributed by atoms with Crippen molar-refractivity contribution in [2.45, 2.75) is 44.6 Å². The van der Waals surface area contributed by atoms with E-state index in [-0.39, 0.29) is 18.3 Å². The minimum Gasteiger partial charge on any atom is -0.342 e. The molecule has 2 heterocycles. The summed E-state index contributed by atoms with van der Waals surface area (Å²) in [6, 6.07) is 9.57. The molecule has 1 unspecified atom stereocenters. The van der Waals surface area contributed by atoms with E-state index in [0.29, 0.717) is 18.2 Å². The SMILES string of the molecule is CC(N)(C(=O)N1CCC(CN2CCCCC2=O)CC1)c1ccccc1.Cl. The first-order valence-electron chi connectivity index (χ1n) is 9.40. The van der Waals surface area contributed by atoms with Gasteiger partial charge in [0.2, 0.25) is 11.8 Å². The molecule has 6 heteroatoms. The molecule has 0 radical (unpaired) electrons. The number of nitrogens with zero attached hydrogens (tertiary/aromatic N) is 2. The van der Waals surface area contributed by atoms with Crippen LogP contribution in [0.1, 0.15) is 44.6 Å². The first-order chi connectivity index (χ1) is 12.0. The van der Waals surface area contributed by atoms with Gasteiger partial charge in [-0.3, -0.25) is 9.59 Å². The van der Waals surface area contributed by atoms with Crippen LogP contribution in [0.4, 0.5) is 0 Å². The molecule has 0 bridgehead atoms. The second kappa shape index (κ2) is 8.87. The van der Waals surface area contributed by atoms with Crippen LogP contribution in [-0.4, -0.2) is 47.8 Å². The van der Waals surface area contributed by atoms with Gasteiger partial charge in [-0.2, -0.15) is 0 Å². The van der Waals surface area contributed by atoms with Crippen molar-refractivity contribution in [1.82, 2.24) is 9.80 Å². The molecule has 3 rings (SSSR count). The predicted octanol–water partition coefficient (Wildman–Crippen LogP) is 2.53. The Bertz CT molecular complexity index is 613. The molecule has 0 aromatic heterocycles. The van der Waals surface area contributed by atoms with E-state index in [0.717, 1.165) is 57.4 Å². The summed E-state index contributed by atoms with van der Waals surface area (Å²) in [7, 11) is 0. The largest absolute Gasteiger partial charge is 0.342 e. The van der Waals surface area contributed by atoms with Crippen LogP contribution in [0.5, 0.6) is 0 Å². The van der Waals surface area contributed by atoms with Crippen LogP contribution in [-0.2, 0) is 15.1 Å². The lowest BCUT2D eigenvalue weighted by molar-refractivity contribution is -0.139. The van der Waals surface area contributed by atoms with Crippen LogP contribution in [0.2, 0.25) is 0 Å².